The quantitative estimate of drug-likeness (QED) is 0.0865. The Morgan fingerprint density at radius 2 is 1.62 bits per heavy atom. The molecule has 0 radical (unpaired) electrons. The van der Waals surface area contributed by atoms with Gasteiger partial charge < -0.3 is 4.84 Å². The fraction of sp³-hybridized carbons (Fsp3) is 0.353. The number of oxime groups is 1. The SMILES string of the molecule is C/C(=C\CC(Br)/C(C)=C/C=N/OCc1c(F)c(F)c(F)c(F)c1F)CCl. The molecule has 0 bridgehead atoms. The molecule has 0 aliphatic carbocycles. The standard InChI is InChI=1S/C17H16BrClF5NO/c1-9(7-19)3-4-12(18)10(2)5-6-25-26-8-11-13(20)15(22)17(24)16(23)14(11)21/h3,5-6,12H,4,7-8H2,1-2H3/b9-3+,10-5+,25-6+. The molecule has 0 N–H and O–H groups in total. The molecule has 9 heteroatoms. The zero-order valence-electron chi connectivity index (χ0n) is 13.9. The summed E-state index contributed by atoms with van der Waals surface area (Å²) in [6.45, 7) is 2.82. The van der Waals surface area contributed by atoms with E-state index >= 15 is 0 Å². The van der Waals surface area contributed by atoms with Crippen LogP contribution in [0, 0.1) is 29.1 Å². The van der Waals surface area contributed by atoms with Crippen molar-refractivity contribution in [1.82, 2.24) is 0 Å². The van der Waals surface area contributed by atoms with E-state index in [-0.39, 0.29) is 4.83 Å². The van der Waals surface area contributed by atoms with Gasteiger partial charge in [0.1, 0.15) is 6.61 Å². The lowest BCUT2D eigenvalue weighted by atomic mass is 10.1. The van der Waals surface area contributed by atoms with Crippen LogP contribution < -0.4 is 0 Å². The fourth-order valence-electron chi connectivity index (χ4n) is 1.72. The van der Waals surface area contributed by atoms with Gasteiger partial charge in [0.15, 0.2) is 23.3 Å². The van der Waals surface area contributed by atoms with Crippen LogP contribution in [0.4, 0.5) is 22.0 Å². The summed E-state index contributed by atoms with van der Waals surface area (Å²) in [6.07, 6.45) is 5.47. The van der Waals surface area contributed by atoms with Crippen LogP contribution in [0.25, 0.3) is 0 Å². The fourth-order valence-corrected chi connectivity index (χ4v) is 2.17. The van der Waals surface area contributed by atoms with Gasteiger partial charge in [-0.05, 0) is 26.3 Å². The molecule has 0 aliphatic heterocycles. The number of nitrogens with zero attached hydrogens (tertiary/aromatic N) is 1. The van der Waals surface area contributed by atoms with Crippen molar-refractivity contribution in [3.8, 4) is 0 Å². The Morgan fingerprint density at radius 3 is 2.15 bits per heavy atom. The van der Waals surface area contributed by atoms with Gasteiger partial charge in [0.25, 0.3) is 0 Å². The molecule has 26 heavy (non-hydrogen) atoms. The highest BCUT2D eigenvalue weighted by Gasteiger charge is 2.25. The highest BCUT2D eigenvalue weighted by Crippen LogP contribution is 2.23. The first-order valence-electron chi connectivity index (χ1n) is 7.38. The normalized spacial score (nSPS) is 14.2. The lowest BCUT2D eigenvalue weighted by Crippen LogP contribution is -2.07. The maximum Gasteiger partial charge on any atom is 0.200 e. The van der Waals surface area contributed by atoms with Crippen molar-refractivity contribution < 1.29 is 26.8 Å². The van der Waals surface area contributed by atoms with Crippen LogP contribution in [-0.2, 0) is 11.4 Å². The Labute approximate surface area is 161 Å². The van der Waals surface area contributed by atoms with Crippen LogP contribution in [-0.4, -0.2) is 16.9 Å². The molecule has 1 aromatic rings. The van der Waals surface area contributed by atoms with Crippen molar-refractivity contribution in [2.75, 3.05) is 5.88 Å². The molecule has 0 heterocycles. The van der Waals surface area contributed by atoms with Crippen LogP contribution in [0.2, 0.25) is 0 Å². The van der Waals surface area contributed by atoms with Crippen LogP contribution in [0.1, 0.15) is 25.8 Å². The number of hydrogen-bond acceptors (Lipinski definition) is 2. The average Bonchev–Trinajstić information content (AvgIpc) is 2.64. The Kier molecular flexibility index (Phi) is 9.29. The second kappa shape index (κ2) is 10.7. The van der Waals surface area contributed by atoms with E-state index < -0.39 is 41.3 Å². The van der Waals surface area contributed by atoms with Crippen molar-refractivity contribution in [2.24, 2.45) is 5.16 Å². The van der Waals surface area contributed by atoms with Gasteiger partial charge in [-0.15, -0.1) is 11.6 Å². The topological polar surface area (TPSA) is 21.6 Å². The summed E-state index contributed by atoms with van der Waals surface area (Å²) in [5.74, 6) is -9.70. The molecule has 0 aliphatic rings. The summed E-state index contributed by atoms with van der Waals surface area (Å²) in [6, 6.07) is 0. The summed E-state index contributed by atoms with van der Waals surface area (Å²) in [5, 5.41) is 3.43. The monoisotopic (exact) mass is 459 g/mol. The van der Waals surface area contributed by atoms with E-state index in [1.54, 1.807) is 6.08 Å². The highest BCUT2D eigenvalue weighted by molar-refractivity contribution is 9.09. The first-order chi connectivity index (χ1) is 12.2. The Bertz CT molecular complexity index is 707. The molecule has 144 valence electrons. The van der Waals surface area contributed by atoms with E-state index in [4.69, 9.17) is 11.6 Å². The van der Waals surface area contributed by atoms with Gasteiger partial charge in [0.2, 0.25) is 5.82 Å². The molecule has 1 unspecified atom stereocenters. The number of benzene rings is 1. The van der Waals surface area contributed by atoms with E-state index in [1.807, 2.05) is 19.9 Å². The number of rotatable bonds is 8. The van der Waals surface area contributed by atoms with Crippen molar-refractivity contribution >= 4 is 33.7 Å². The molecule has 0 fully saturated rings. The Morgan fingerprint density at radius 1 is 1.08 bits per heavy atom. The average molecular weight is 461 g/mol. The minimum Gasteiger partial charge on any atom is -0.391 e. The molecule has 0 saturated carbocycles. The van der Waals surface area contributed by atoms with Crippen molar-refractivity contribution in [1.29, 1.82) is 0 Å². The van der Waals surface area contributed by atoms with Crippen LogP contribution in [0.15, 0.2) is 28.5 Å². The van der Waals surface area contributed by atoms with Crippen LogP contribution >= 0.6 is 27.5 Å². The number of halogens is 7. The summed E-state index contributed by atoms with van der Waals surface area (Å²) in [5.41, 5.74) is 0.829. The van der Waals surface area contributed by atoms with Gasteiger partial charge in [-0.3, -0.25) is 0 Å². The maximum absolute atomic E-state index is 13.4. The van der Waals surface area contributed by atoms with Gasteiger partial charge in [-0.2, -0.15) is 0 Å². The third kappa shape index (κ3) is 6.09. The zero-order valence-corrected chi connectivity index (χ0v) is 16.3. The number of allylic oxidation sites excluding steroid dienone is 4. The summed E-state index contributed by atoms with van der Waals surface area (Å²) in [4.78, 5) is 4.64. The van der Waals surface area contributed by atoms with Gasteiger partial charge in [0.05, 0.1) is 11.8 Å². The molecule has 2 nitrogen and oxygen atoms in total. The lowest BCUT2D eigenvalue weighted by Gasteiger charge is -2.07. The molecule has 0 aromatic heterocycles. The van der Waals surface area contributed by atoms with E-state index in [9.17, 15) is 22.0 Å². The van der Waals surface area contributed by atoms with Gasteiger partial charge in [-0.1, -0.05) is 38.3 Å². The first kappa shape index (κ1) is 22.6. The summed E-state index contributed by atoms with van der Waals surface area (Å²) in [7, 11) is 0. The molecular weight excluding hydrogens is 445 g/mol. The van der Waals surface area contributed by atoms with Crippen molar-refractivity contribution in [3.05, 3.63) is 57.9 Å². The maximum atomic E-state index is 13.4. The van der Waals surface area contributed by atoms with Crippen molar-refractivity contribution in [2.45, 2.75) is 31.7 Å². The van der Waals surface area contributed by atoms with E-state index in [0.717, 1.165) is 11.1 Å². The zero-order chi connectivity index (χ0) is 19.9. The largest absolute Gasteiger partial charge is 0.391 e. The minimum absolute atomic E-state index is 0.0160. The molecule has 0 amide bonds. The van der Waals surface area contributed by atoms with E-state index in [0.29, 0.717) is 12.3 Å². The molecule has 0 saturated heterocycles. The third-order valence-electron chi connectivity index (χ3n) is 3.36. The predicted molar refractivity (Wildman–Crippen MR) is 95.1 cm³/mol. The van der Waals surface area contributed by atoms with E-state index in [1.165, 1.54) is 6.21 Å². The molecule has 1 aromatic carbocycles. The predicted octanol–water partition coefficient (Wildman–Crippen LogP) is 6.17. The molecule has 1 atom stereocenters. The third-order valence-corrected chi connectivity index (χ3v) is 4.88. The number of hydrogen-bond donors (Lipinski definition) is 0. The Balaban J connectivity index is 2.69. The molecular formula is C17H16BrClF5NO. The highest BCUT2D eigenvalue weighted by atomic mass is 79.9. The van der Waals surface area contributed by atoms with Crippen LogP contribution in [0.5, 0.6) is 0 Å². The summed E-state index contributed by atoms with van der Waals surface area (Å²) < 4.78 is 65.9. The second-order valence-corrected chi connectivity index (χ2v) is 6.75. The smallest absolute Gasteiger partial charge is 0.200 e. The first-order valence-corrected chi connectivity index (χ1v) is 8.83. The van der Waals surface area contributed by atoms with E-state index in [2.05, 4.69) is 25.9 Å². The molecule has 0 spiro atoms. The van der Waals surface area contributed by atoms with Gasteiger partial charge in [-0.25, -0.2) is 22.0 Å². The van der Waals surface area contributed by atoms with Gasteiger partial charge in [0, 0.05) is 10.7 Å². The minimum atomic E-state index is -2.22. The van der Waals surface area contributed by atoms with Crippen molar-refractivity contribution in [3.63, 3.8) is 0 Å². The Hall–Kier alpha value is -1.41. The van der Waals surface area contributed by atoms with Gasteiger partial charge >= 0.3 is 0 Å². The summed E-state index contributed by atoms with van der Waals surface area (Å²) >= 11 is 9.15. The number of alkyl halides is 2. The molecule has 1 rings (SSSR count). The lowest BCUT2D eigenvalue weighted by molar-refractivity contribution is 0.124. The second-order valence-electron chi connectivity index (χ2n) is 5.37. The van der Waals surface area contributed by atoms with Crippen LogP contribution in [0.3, 0.4) is 0 Å².